The Morgan fingerprint density at radius 2 is 2.20 bits per heavy atom. The second kappa shape index (κ2) is 5.44. The minimum Gasteiger partial charge on any atom is -0.486 e. The Morgan fingerprint density at radius 1 is 1.50 bits per heavy atom. The van der Waals surface area contributed by atoms with Crippen LogP contribution in [0.4, 0.5) is 10.5 Å². The van der Waals surface area contributed by atoms with Crippen LogP contribution in [0, 0.1) is 21.4 Å². The van der Waals surface area contributed by atoms with Crippen LogP contribution >= 0.6 is 0 Å². The van der Waals surface area contributed by atoms with Gasteiger partial charge in [0, 0.05) is 6.07 Å². The molecule has 0 aromatic heterocycles. The van der Waals surface area contributed by atoms with E-state index in [1.54, 1.807) is 0 Å². The monoisotopic (exact) mass is 277 g/mol. The maximum absolute atomic E-state index is 11.2. The van der Waals surface area contributed by atoms with Crippen molar-refractivity contribution in [3.63, 3.8) is 0 Å². The number of hydrogen-bond acceptors (Lipinski definition) is 6. The molecule has 1 saturated heterocycles. The molecular formula is C12H11N3O5. The van der Waals surface area contributed by atoms with Crippen molar-refractivity contribution in [2.45, 2.75) is 6.10 Å². The third-order valence-corrected chi connectivity index (χ3v) is 2.81. The summed E-state index contributed by atoms with van der Waals surface area (Å²) in [5, 5.41) is 19.6. The van der Waals surface area contributed by atoms with Gasteiger partial charge in [0.15, 0.2) is 0 Å². The second-order valence-corrected chi connectivity index (χ2v) is 4.20. The van der Waals surface area contributed by atoms with Gasteiger partial charge in [-0.15, -0.1) is 0 Å². The van der Waals surface area contributed by atoms with Gasteiger partial charge in [-0.1, -0.05) is 0 Å². The van der Waals surface area contributed by atoms with Gasteiger partial charge < -0.3 is 14.4 Å². The smallest absolute Gasteiger partial charge is 0.409 e. The zero-order valence-electron chi connectivity index (χ0n) is 10.6. The molecule has 8 nitrogen and oxygen atoms in total. The highest BCUT2D eigenvalue weighted by Gasteiger charge is 2.33. The van der Waals surface area contributed by atoms with Gasteiger partial charge in [0.25, 0.3) is 5.69 Å². The third-order valence-electron chi connectivity index (χ3n) is 2.81. The van der Waals surface area contributed by atoms with Crippen LogP contribution in [0.3, 0.4) is 0 Å². The number of non-ortho nitro benzene ring substituents is 1. The minimum atomic E-state index is -0.588. The second-order valence-electron chi connectivity index (χ2n) is 4.20. The first kappa shape index (κ1) is 13.6. The third kappa shape index (κ3) is 2.77. The summed E-state index contributed by atoms with van der Waals surface area (Å²) >= 11 is 0. The molecule has 8 heteroatoms. The van der Waals surface area contributed by atoms with E-state index in [4.69, 9.17) is 10.00 Å². The molecule has 1 aromatic rings. The van der Waals surface area contributed by atoms with Crippen LogP contribution in [0.1, 0.15) is 5.56 Å². The SMILES string of the molecule is COC(=O)N1CC(Oc2cc(C#N)cc([N+](=O)[O-])c2)C1. The molecular weight excluding hydrogens is 266 g/mol. The van der Waals surface area contributed by atoms with E-state index in [1.165, 1.54) is 30.2 Å². The van der Waals surface area contributed by atoms with E-state index >= 15 is 0 Å². The molecule has 0 spiro atoms. The number of methoxy groups -OCH3 is 1. The van der Waals surface area contributed by atoms with Gasteiger partial charge in [0.1, 0.15) is 11.9 Å². The van der Waals surface area contributed by atoms with Crippen molar-refractivity contribution < 1.29 is 19.2 Å². The predicted octanol–water partition coefficient (Wildman–Crippen LogP) is 1.30. The normalized spacial score (nSPS) is 14.1. The van der Waals surface area contributed by atoms with Gasteiger partial charge in [-0.05, 0) is 6.07 Å². The molecule has 0 N–H and O–H groups in total. The number of carbonyl (C=O) groups is 1. The molecule has 0 radical (unpaired) electrons. The van der Waals surface area contributed by atoms with Crippen molar-refractivity contribution in [2.75, 3.05) is 20.2 Å². The minimum absolute atomic E-state index is 0.151. The fourth-order valence-electron chi connectivity index (χ4n) is 1.80. The Morgan fingerprint density at radius 3 is 2.75 bits per heavy atom. The number of likely N-dealkylation sites (tertiary alicyclic amines) is 1. The molecule has 0 unspecified atom stereocenters. The first-order valence-corrected chi connectivity index (χ1v) is 5.72. The summed E-state index contributed by atoms with van der Waals surface area (Å²) < 4.78 is 10.0. The topological polar surface area (TPSA) is 106 Å². The first-order valence-electron chi connectivity index (χ1n) is 5.72. The Hall–Kier alpha value is -2.82. The molecule has 0 bridgehead atoms. The quantitative estimate of drug-likeness (QED) is 0.609. The van der Waals surface area contributed by atoms with Crippen LogP contribution in [0.15, 0.2) is 18.2 Å². The highest BCUT2D eigenvalue weighted by atomic mass is 16.6. The largest absolute Gasteiger partial charge is 0.486 e. The van der Waals surface area contributed by atoms with E-state index in [1.807, 2.05) is 6.07 Å². The molecule has 1 amide bonds. The Kier molecular flexibility index (Phi) is 3.70. The van der Waals surface area contributed by atoms with Gasteiger partial charge in [0.2, 0.25) is 0 Å². The highest BCUT2D eigenvalue weighted by molar-refractivity contribution is 5.68. The van der Waals surface area contributed by atoms with Crippen molar-refractivity contribution >= 4 is 11.8 Å². The first-order chi connectivity index (χ1) is 9.53. The summed E-state index contributed by atoms with van der Waals surface area (Å²) in [7, 11) is 1.29. The Balaban J connectivity index is 2.04. The molecule has 20 heavy (non-hydrogen) atoms. The molecule has 104 valence electrons. The summed E-state index contributed by atoms with van der Waals surface area (Å²) in [6.45, 7) is 0.689. The van der Waals surface area contributed by atoms with E-state index in [0.717, 1.165) is 0 Å². The predicted molar refractivity (Wildman–Crippen MR) is 66.2 cm³/mol. The highest BCUT2D eigenvalue weighted by Crippen LogP contribution is 2.25. The molecule has 2 rings (SSSR count). The number of hydrogen-bond donors (Lipinski definition) is 0. The fraction of sp³-hybridized carbons (Fsp3) is 0.333. The van der Waals surface area contributed by atoms with Gasteiger partial charge >= 0.3 is 6.09 Å². The van der Waals surface area contributed by atoms with Crippen LogP contribution in [0.25, 0.3) is 0 Å². The van der Waals surface area contributed by atoms with Gasteiger partial charge in [-0.2, -0.15) is 5.26 Å². The lowest BCUT2D eigenvalue weighted by atomic mass is 10.1. The molecule has 1 fully saturated rings. The number of benzene rings is 1. The number of nitriles is 1. The van der Waals surface area contributed by atoms with Crippen LogP contribution in [0.5, 0.6) is 5.75 Å². The van der Waals surface area contributed by atoms with Crippen LogP contribution < -0.4 is 4.74 Å². The average Bonchev–Trinajstić information content (AvgIpc) is 2.41. The fourth-order valence-corrected chi connectivity index (χ4v) is 1.80. The van der Waals surface area contributed by atoms with Crippen molar-refractivity contribution in [2.24, 2.45) is 0 Å². The molecule has 0 atom stereocenters. The molecule has 0 saturated carbocycles. The maximum Gasteiger partial charge on any atom is 0.409 e. The Bertz CT molecular complexity index is 589. The molecule has 1 heterocycles. The average molecular weight is 277 g/mol. The number of rotatable bonds is 3. The van der Waals surface area contributed by atoms with E-state index < -0.39 is 11.0 Å². The number of nitro benzene ring substituents is 1. The van der Waals surface area contributed by atoms with Gasteiger partial charge in [0.05, 0.1) is 42.8 Å². The number of amides is 1. The lowest BCUT2D eigenvalue weighted by Gasteiger charge is -2.37. The van der Waals surface area contributed by atoms with Crippen LogP contribution in [-0.4, -0.2) is 42.2 Å². The number of carbonyl (C=O) groups excluding carboxylic acids is 1. The van der Waals surface area contributed by atoms with E-state index in [9.17, 15) is 14.9 Å². The summed E-state index contributed by atoms with van der Waals surface area (Å²) in [6, 6.07) is 5.69. The van der Waals surface area contributed by atoms with Crippen molar-refractivity contribution in [1.82, 2.24) is 4.90 Å². The van der Waals surface area contributed by atoms with Crippen molar-refractivity contribution in [3.8, 4) is 11.8 Å². The number of nitro groups is 1. The standard InChI is InChI=1S/C12H11N3O5/c1-19-12(16)14-6-11(7-14)20-10-3-8(5-13)2-9(4-10)15(17)18/h2-4,11H,6-7H2,1H3. The van der Waals surface area contributed by atoms with Gasteiger partial charge in [-0.25, -0.2) is 4.79 Å². The molecule has 1 aromatic carbocycles. The van der Waals surface area contributed by atoms with Crippen LogP contribution in [-0.2, 0) is 4.74 Å². The zero-order valence-corrected chi connectivity index (χ0v) is 10.6. The van der Waals surface area contributed by atoms with E-state index in [2.05, 4.69) is 4.74 Å². The lowest BCUT2D eigenvalue weighted by Crippen LogP contribution is -2.56. The summed E-state index contributed by atoms with van der Waals surface area (Å²) in [5.74, 6) is 0.241. The molecule has 1 aliphatic heterocycles. The summed E-state index contributed by atoms with van der Waals surface area (Å²) in [5.41, 5.74) is -0.0541. The molecule has 1 aliphatic rings. The zero-order chi connectivity index (χ0) is 14.7. The molecule has 0 aliphatic carbocycles. The lowest BCUT2D eigenvalue weighted by molar-refractivity contribution is -0.385. The number of ether oxygens (including phenoxy) is 2. The van der Waals surface area contributed by atoms with Gasteiger partial charge in [-0.3, -0.25) is 10.1 Å². The van der Waals surface area contributed by atoms with E-state index in [0.29, 0.717) is 13.1 Å². The van der Waals surface area contributed by atoms with Crippen molar-refractivity contribution in [3.05, 3.63) is 33.9 Å². The maximum atomic E-state index is 11.2. The van der Waals surface area contributed by atoms with Crippen molar-refractivity contribution in [1.29, 1.82) is 5.26 Å². The Labute approximate surface area is 114 Å². The van der Waals surface area contributed by atoms with Crippen LogP contribution in [0.2, 0.25) is 0 Å². The van der Waals surface area contributed by atoms with E-state index in [-0.39, 0.29) is 23.1 Å². The summed E-state index contributed by atoms with van der Waals surface area (Å²) in [4.78, 5) is 22.7. The number of nitrogens with zero attached hydrogens (tertiary/aromatic N) is 3. The summed E-state index contributed by atoms with van der Waals surface area (Å²) in [6.07, 6.45) is -0.704.